The molecule has 0 aromatic heterocycles. The Balaban J connectivity index is 2.44. The summed E-state index contributed by atoms with van der Waals surface area (Å²) in [6, 6.07) is 11.5. The highest BCUT2D eigenvalue weighted by Crippen LogP contribution is 2.30. The van der Waals surface area contributed by atoms with Crippen LogP contribution < -0.4 is 5.32 Å². The first-order chi connectivity index (χ1) is 12.9. The van der Waals surface area contributed by atoms with E-state index >= 15 is 0 Å². The van der Waals surface area contributed by atoms with Crippen LogP contribution in [0.15, 0.2) is 47.4 Å². The minimum atomic E-state index is -3.72. The molecule has 2 aromatic rings. The number of para-hydroxylation sites is 1. The van der Waals surface area contributed by atoms with E-state index in [-0.39, 0.29) is 26.9 Å². The first-order valence-electron chi connectivity index (χ1n) is 9.04. The lowest BCUT2D eigenvalue weighted by Gasteiger charge is -2.23. The van der Waals surface area contributed by atoms with Gasteiger partial charge in [-0.15, -0.1) is 0 Å². The smallest absolute Gasteiger partial charge is 0.257 e. The summed E-state index contributed by atoms with van der Waals surface area (Å²) in [5.41, 5.74) is 1.59. The number of carbonyl (C=O) groups excluding carboxylic acids is 1. The fourth-order valence-electron chi connectivity index (χ4n) is 2.72. The van der Waals surface area contributed by atoms with Gasteiger partial charge < -0.3 is 5.32 Å². The fourth-order valence-corrected chi connectivity index (χ4v) is 4.32. The number of nitrogens with one attached hydrogen (secondary N) is 1. The second-order valence-electron chi connectivity index (χ2n) is 8.01. The molecule has 152 valence electrons. The van der Waals surface area contributed by atoms with Crippen LogP contribution in [0.1, 0.15) is 50.5 Å². The third kappa shape index (κ3) is 4.74. The summed E-state index contributed by atoms with van der Waals surface area (Å²) < 4.78 is 26.8. The Morgan fingerprint density at radius 1 is 1.11 bits per heavy atom. The van der Waals surface area contributed by atoms with Crippen molar-refractivity contribution in [3.8, 4) is 0 Å². The number of benzene rings is 2. The highest BCUT2D eigenvalue weighted by atomic mass is 35.5. The summed E-state index contributed by atoms with van der Waals surface area (Å²) in [6.45, 7) is 9.73. The summed E-state index contributed by atoms with van der Waals surface area (Å²) in [5, 5.41) is 3.06. The van der Waals surface area contributed by atoms with Gasteiger partial charge in [-0.05, 0) is 49.1 Å². The van der Waals surface area contributed by atoms with Crippen LogP contribution in [0.25, 0.3) is 0 Å². The first-order valence-corrected chi connectivity index (χ1v) is 10.9. The molecule has 5 nitrogen and oxygen atoms in total. The van der Waals surface area contributed by atoms with Crippen molar-refractivity contribution >= 4 is 33.2 Å². The van der Waals surface area contributed by atoms with Crippen LogP contribution in [-0.2, 0) is 15.4 Å². The number of rotatable bonds is 5. The van der Waals surface area contributed by atoms with E-state index in [0.29, 0.717) is 5.69 Å². The molecular weight excluding hydrogens is 396 g/mol. The number of carbonyl (C=O) groups is 1. The van der Waals surface area contributed by atoms with E-state index in [9.17, 15) is 13.2 Å². The van der Waals surface area contributed by atoms with Crippen LogP contribution in [0.2, 0.25) is 5.02 Å². The number of sulfonamides is 1. The molecule has 7 heteroatoms. The van der Waals surface area contributed by atoms with Gasteiger partial charge in [0.2, 0.25) is 10.0 Å². The van der Waals surface area contributed by atoms with Gasteiger partial charge >= 0.3 is 0 Å². The second-order valence-corrected chi connectivity index (χ2v) is 10.4. The molecule has 0 aliphatic heterocycles. The van der Waals surface area contributed by atoms with E-state index in [1.807, 2.05) is 24.3 Å². The summed E-state index contributed by atoms with van der Waals surface area (Å²) >= 11 is 6.21. The van der Waals surface area contributed by atoms with E-state index in [2.05, 4.69) is 26.1 Å². The van der Waals surface area contributed by atoms with Crippen LogP contribution in [0.5, 0.6) is 0 Å². The number of hydrogen-bond donors (Lipinski definition) is 1. The summed E-state index contributed by atoms with van der Waals surface area (Å²) in [4.78, 5) is 12.9. The van der Waals surface area contributed by atoms with Crippen molar-refractivity contribution in [3.05, 3.63) is 58.6 Å². The Morgan fingerprint density at radius 3 is 2.29 bits per heavy atom. The van der Waals surface area contributed by atoms with Crippen LogP contribution in [0.3, 0.4) is 0 Å². The number of amides is 1. The molecule has 0 fully saturated rings. The molecule has 0 bridgehead atoms. The van der Waals surface area contributed by atoms with E-state index in [1.165, 1.54) is 29.6 Å². The Kier molecular flexibility index (Phi) is 6.58. The van der Waals surface area contributed by atoms with E-state index in [1.54, 1.807) is 13.8 Å². The number of nitrogens with zero attached hydrogens (tertiary/aromatic N) is 1. The molecule has 0 unspecified atom stereocenters. The van der Waals surface area contributed by atoms with Gasteiger partial charge in [-0.2, -0.15) is 4.31 Å². The van der Waals surface area contributed by atoms with Crippen molar-refractivity contribution in [1.82, 2.24) is 4.31 Å². The van der Waals surface area contributed by atoms with E-state index < -0.39 is 15.9 Å². The van der Waals surface area contributed by atoms with Gasteiger partial charge in [0.25, 0.3) is 5.91 Å². The molecule has 1 amide bonds. The van der Waals surface area contributed by atoms with Crippen molar-refractivity contribution < 1.29 is 13.2 Å². The lowest BCUT2D eigenvalue weighted by atomic mass is 9.86. The molecule has 0 aliphatic carbocycles. The molecule has 0 heterocycles. The van der Waals surface area contributed by atoms with Crippen molar-refractivity contribution in [1.29, 1.82) is 0 Å². The topological polar surface area (TPSA) is 66.5 Å². The zero-order valence-electron chi connectivity index (χ0n) is 17.1. The SMILES string of the molecule is CC(C)N(C)S(=O)(=O)c1ccc(Cl)c(C(=O)Nc2ccccc2C(C)(C)C)c1. The molecule has 0 spiro atoms. The predicted octanol–water partition coefficient (Wildman–Crippen LogP) is 4.92. The van der Waals surface area contributed by atoms with Crippen LogP contribution in [0, 0.1) is 0 Å². The molecule has 28 heavy (non-hydrogen) atoms. The Bertz CT molecular complexity index is 979. The minimum Gasteiger partial charge on any atom is -0.322 e. The highest BCUT2D eigenvalue weighted by Gasteiger charge is 2.25. The minimum absolute atomic E-state index is 0.0300. The zero-order valence-corrected chi connectivity index (χ0v) is 18.6. The van der Waals surface area contributed by atoms with Crippen molar-refractivity contribution in [2.75, 3.05) is 12.4 Å². The molecule has 0 saturated heterocycles. The maximum Gasteiger partial charge on any atom is 0.257 e. The van der Waals surface area contributed by atoms with Gasteiger partial charge in [-0.25, -0.2) is 8.42 Å². The number of anilines is 1. The third-order valence-electron chi connectivity index (χ3n) is 4.57. The molecule has 2 rings (SSSR count). The van der Waals surface area contributed by atoms with Crippen molar-refractivity contribution in [2.45, 2.75) is 51.0 Å². The standard InChI is InChI=1S/C21H27ClN2O3S/c1-14(2)24(6)28(26,27)15-11-12-18(22)16(13-15)20(25)23-19-10-8-7-9-17(19)21(3,4)5/h7-14H,1-6H3,(H,23,25). The normalized spacial score (nSPS) is 12.5. The average Bonchev–Trinajstić information content (AvgIpc) is 2.60. The third-order valence-corrected chi connectivity index (χ3v) is 6.93. The number of halogens is 1. The van der Waals surface area contributed by atoms with Gasteiger partial charge in [0.15, 0.2) is 0 Å². The summed E-state index contributed by atoms with van der Waals surface area (Å²) in [7, 11) is -2.21. The molecule has 1 N–H and O–H groups in total. The van der Waals surface area contributed by atoms with Crippen LogP contribution in [0.4, 0.5) is 5.69 Å². The van der Waals surface area contributed by atoms with Crippen LogP contribution >= 0.6 is 11.6 Å². The molecule has 0 radical (unpaired) electrons. The highest BCUT2D eigenvalue weighted by molar-refractivity contribution is 7.89. The van der Waals surface area contributed by atoms with Gasteiger partial charge in [0, 0.05) is 18.8 Å². The van der Waals surface area contributed by atoms with Gasteiger partial charge in [-0.1, -0.05) is 50.6 Å². The Hall–Kier alpha value is -1.89. The maximum atomic E-state index is 12.9. The lowest BCUT2D eigenvalue weighted by Crippen LogP contribution is -2.33. The molecule has 2 aromatic carbocycles. The molecule has 0 atom stereocenters. The van der Waals surface area contributed by atoms with Crippen molar-refractivity contribution in [3.63, 3.8) is 0 Å². The van der Waals surface area contributed by atoms with Crippen molar-refractivity contribution in [2.24, 2.45) is 0 Å². The summed E-state index contributed by atoms with van der Waals surface area (Å²) in [6.07, 6.45) is 0. The zero-order chi connectivity index (χ0) is 21.3. The monoisotopic (exact) mass is 422 g/mol. The average molecular weight is 423 g/mol. The molecular formula is C21H27ClN2O3S. The Labute approximate surface area is 172 Å². The molecule has 0 aliphatic rings. The van der Waals surface area contributed by atoms with Gasteiger partial charge in [-0.3, -0.25) is 4.79 Å². The lowest BCUT2D eigenvalue weighted by molar-refractivity contribution is 0.102. The maximum absolute atomic E-state index is 12.9. The largest absolute Gasteiger partial charge is 0.322 e. The Morgan fingerprint density at radius 2 is 1.71 bits per heavy atom. The van der Waals surface area contributed by atoms with E-state index in [4.69, 9.17) is 11.6 Å². The predicted molar refractivity (Wildman–Crippen MR) is 115 cm³/mol. The number of hydrogen-bond acceptors (Lipinski definition) is 3. The second kappa shape index (κ2) is 8.23. The van der Waals surface area contributed by atoms with Gasteiger partial charge in [0.05, 0.1) is 15.5 Å². The van der Waals surface area contributed by atoms with E-state index in [0.717, 1.165) is 5.56 Å². The van der Waals surface area contributed by atoms with Crippen LogP contribution in [-0.4, -0.2) is 31.7 Å². The fraction of sp³-hybridized carbons (Fsp3) is 0.381. The molecule has 0 saturated carbocycles. The first kappa shape index (κ1) is 22.4. The van der Waals surface area contributed by atoms with Gasteiger partial charge in [0.1, 0.15) is 0 Å². The summed E-state index contributed by atoms with van der Waals surface area (Å²) in [5.74, 6) is -0.453. The quantitative estimate of drug-likeness (QED) is 0.743.